The summed E-state index contributed by atoms with van der Waals surface area (Å²) in [5.74, 6) is 1.45. The molecular weight excluding hydrogens is 348 g/mol. The van der Waals surface area contributed by atoms with E-state index in [2.05, 4.69) is 15.2 Å². The molecule has 136 valence electrons. The second-order valence-electron chi connectivity index (χ2n) is 6.83. The van der Waals surface area contributed by atoms with Gasteiger partial charge >= 0.3 is 0 Å². The number of carbonyl (C=O) groups excluding carboxylic acids is 1. The molecule has 1 fully saturated rings. The molecule has 2 aromatic rings. The normalized spacial score (nSPS) is 18.3. The molecule has 1 aliphatic carbocycles. The van der Waals surface area contributed by atoms with E-state index in [0.29, 0.717) is 5.95 Å². The number of amides is 1. The summed E-state index contributed by atoms with van der Waals surface area (Å²) in [6, 6.07) is 7.76. The van der Waals surface area contributed by atoms with Crippen molar-refractivity contribution in [1.82, 2.24) is 9.97 Å². The number of anilines is 4. The van der Waals surface area contributed by atoms with Crippen molar-refractivity contribution in [3.05, 3.63) is 30.5 Å². The maximum absolute atomic E-state index is 13.0. The summed E-state index contributed by atoms with van der Waals surface area (Å²) in [6.07, 6.45) is 5.60. The number of nitrogens with one attached hydrogen (secondary N) is 1. The highest BCUT2D eigenvalue weighted by atomic mass is 32.2. The van der Waals surface area contributed by atoms with Crippen molar-refractivity contribution in [2.75, 3.05) is 29.2 Å². The molecule has 1 saturated carbocycles. The first-order valence-electron chi connectivity index (χ1n) is 8.68. The Balaban J connectivity index is 1.67. The maximum Gasteiger partial charge on any atom is 0.252 e. The molecule has 2 aliphatic rings. The molecule has 0 atom stereocenters. The number of fused-ring (bicyclic) bond motifs is 1. The summed E-state index contributed by atoms with van der Waals surface area (Å²) in [5, 5.41) is 8.79. The van der Waals surface area contributed by atoms with Crippen LogP contribution >= 0.6 is 11.9 Å². The van der Waals surface area contributed by atoms with Gasteiger partial charge in [-0.3, -0.25) is 9.93 Å². The van der Waals surface area contributed by atoms with Gasteiger partial charge in [-0.15, -0.1) is 0 Å². The molecule has 4 rings (SSSR count). The molecule has 1 amide bonds. The lowest BCUT2D eigenvalue weighted by Gasteiger charge is -2.45. The molecule has 26 heavy (non-hydrogen) atoms. The highest BCUT2D eigenvalue weighted by molar-refractivity contribution is 7.97. The largest absolute Gasteiger partial charge is 0.343 e. The minimum Gasteiger partial charge on any atom is -0.343 e. The third-order valence-corrected chi connectivity index (χ3v) is 6.00. The molecule has 8 heteroatoms. The van der Waals surface area contributed by atoms with Crippen molar-refractivity contribution in [3.8, 4) is 0 Å². The number of carbonyl (C=O) groups is 1. The Hall–Kier alpha value is -2.32. The molecule has 1 aliphatic heterocycles. The minimum atomic E-state index is -0.465. The van der Waals surface area contributed by atoms with Gasteiger partial charge in [-0.1, -0.05) is 12.8 Å². The van der Waals surface area contributed by atoms with Crippen molar-refractivity contribution >= 4 is 41.0 Å². The third kappa shape index (κ3) is 2.60. The smallest absolute Gasteiger partial charge is 0.252 e. The molecule has 2 heterocycles. The summed E-state index contributed by atoms with van der Waals surface area (Å²) >= 11 is 1.21. The fraction of sp³-hybridized carbons (Fsp3) is 0.389. The summed E-state index contributed by atoms with van der Waals surface area (Å²) in [4.78, 5) is 26.8. The number of nitrogens with zero attached hydrogens (tertiary/aromatic N) is 4. The van der Waals surface area contributed by atoms with Gasteiger partial charge in [-0.05, 0) is 49.1 Å². The fourth-order valence-corrected chi connectivity index (χ4v) is 4.23. The summed E-state index contributed by atoms with van der Waals surface area (Å²) in [6.45, 7) is 0. The average Bonchev–Trinajstić information content (AvgIpc) is 3.16. The van der Waals surface area contributed by atoms with Gasteiger partial charge in [0.25, 0.3) is 5.91 Å². The average molecular weight is 370 g/mol. The second kappa shape index (κ2) is 6.44. The molecule has 3 N–H and O–H groups in total. The summed E-state index contributed by atoms with van der Waals surface area (Å²) in [7, 11) is 3.78. The number of rotatable bonds is 3. The van der Waals surface area contributed by atoms with Crippen molar-refractivity contribution in [1.29, 1.82) is 0 Å². The van der Waals surface area contributed by atoms with E-state index in [0.717, 1.165) is 47.8 Å². The van der Waals surface area contributed by atoms with Crippen LogP contribution in [-0.4, -0.2) is 35.5 Å². The zero-order chi connectivity index (χ0) is 18.3. The van der Waals surface area contributed by atoms with Crippen LogP contribution in [0, 0.1) is 0 Å². The Bertz CT molecular complexity index is 834. The van der Waals surface area contributed by atoms with Gasteiger partial charge < -0.3 is 15.1 Å². The van der Waals surface area contributed by atoms with Crippen molar-refractivity contribution in [3.63, 3.8) is 0 Å². The lowest BCUT2D eigenvalue weighted by atomic mass is 9.91. The highest BCUT2D eigenvalue weighted by Crippen LogP contribution is 2.45. The predicted molar refractivity (Wildman–Crippen MR) is 105 cm³/mol. The van der Waals surface area contributed by atoms with E-state index >= 15 is 0 Å². The van der Waals surface area contributed by atoms with Gasteiger partial charge in [0.05, 0.1) is 6.20 Å². The van der Waals surface area contributed by atoms with Crippen LogP contribution in [0.1, 0.15) is 25.7 Å². The molecule has 1 spiro atoms. The van der Waals surface area contributed by atoms with Gasteiger partial charge in [0.15, 0.2) is 5.82 Å². The van der Waals surface area contributed by atoms with E-state index in [1.54, 1.807) is 11.1 Å². The SMILES string of the molecule is CN1C(=O)C2(CCCC2)N(C)c2nc(Nc3ccc(SN)cc3)ncc21. The monoisotopic (exact) mass is 370 g/mol. The first kappa shape index (κ1) is 17.1. The van der Waals surface area contributed by atoms with Crippen LogP contribution in [0.4, 0.5) is 23.1 Å². The van der Waals surface area contributed by atoms with Crippen LogP contribution in [0.5, 0.6) is 0 Å². The first-order valence-corrected chi connectivity index (χ1v) is 9.56. The van der Waals surface area contributed by atoms with Crippen LogP contribution < -0.4 is 20.3 Å². The Morgan fingerprint density at radius 1 is 1.19 bits per heavy atom. The van der Waals surface area contributed by atoms with Gasteiger partial charge in [0.2, 0.25) is 5.95 Å². The second-order valence-corrected chi connectivity index (χ2v) is 7.54. The van der Waals surface area contributed by atoms with Crippen LogP contribution in [0.3, 0.4) is 0 Å². The zero-order valence-electron chi connectivity index (χ0n) is 14.9. The number of benzene rings is 1. The quantitative estimate of drug-likeness (QED) is 0.803. The Kier molecular flexibility index (Phi) is 4.24. The van der Waals surface area contributed by atoms with Crippen molar-refractivity contribution in [2.45, 2.75) is 36.1 Å². The molecular formula is C18H22N6OS. The summed E-state index contributed by atoms with van der Waals surface area (Å²) < 4.78 is 0. The molecule has 1 aromatic heterocycles. The van der Waals surface area contributed by atoms with E-state index in [-0.39, 0.29) is 5.91 Å². The Morgan fingerprint density at radius 3 is 2.54 bits per heavy atom. The van der Waals surface area contributed by atoms with Crippen LogP contribution in [0.15, 0.2) is 35.4 Å². The summed E-state index contributed by atoms with van der Waals surface area (Å²) in [5.41, 5.74) is 1.17. The molecule has 1 aromatic carbocycles. The molecule has 0 unspecified atom stereocenters. The molecule has 7 nitrogen and oxygen atoms in total. The highest BCUT2D eigenvalue weighted by Gasteiger charge is 2.51. The number of likely N-dealkylation sites (N-methyl/N-ethyl adjacent to an activating group) is 2. The lowest BCUT2D eigenvalue weighted by Crippen LogP contribution is -2.60. The lowest BCUT2D eigenvalue weighted by molar-refractivity contribution is -0.123. The number of hydrogen-bond donors (Lipinski definition) is 2. The molecule has 0 bridgehead atoms. The van der Waals surface area contributed by atoms with Gasteiger partial charge in [0.1, 0.15) is 11.2 Å². The first-order chi connectivity index (χ1) is 12.5. The van der Waals surface area contributed by atoms with E-state index in [9.17, 15) is 4.79 Å². The number of nitrogens with two attached hydrogens (primary N) is 1. The fourth-order valence-electron chi connectivity index (χ4n) is 3.93. The Morgan fingerprint density at radius 2 is 1.88 bits per heavy atom. The van der Waals surface area contributed by atoms with Gasteiger partial charge in [-0.25, -0.2) is 4.98 Å². The topological polar surface area (TPSA) is 87.4 Å². The molecule has 0 radical (unpaired) electrons. The minimum absolute atomic E-state index is 0.143. The standard InChI is InChI=1S/C18H22N6OS/c1-23-14-11-20-17(21-12-5-7-13(26-19)8-6-12)22-15(14)24(2)18(16(23)25)9-3-4-10-18/h5-8,11H,3-4,9-10,19H2,1-2H3,(H,20,21,22). The molecule has 0 saturated heterocycles. The van der Waals surface area contributed by atoms with E-state index in [4.69, 9.17) is 10.1 Å². The van der Waals surface area contributed by atoms with Gasteiger partial charge in [-0.2, -0.15) is 4.98 Å². The van der Waals surface area contributed by atoms with Crippen LogP contribution in [0.25, 0.3) is 0 Å². The van der Waals surface area contributed by atoms with E-state index in [1.807, 2.05) is 38.4 Å². The van der Waals surface area contributed by atoms with Crippen molar-refractivity contribution < 1.29 is 4.79 Å². The van der Waals surface area contributed by atoms with Crippen molar-refractivity contribution in [2.24, 2.45) is 5.14 Å². The van der Waals surface area contributed by atoms with Crippen LogP contribution in [-0.2, 0) is 4.79 Å². The third-order valence-electron chi connectivity index (χ3n) is 5.45. The van der Waals surface area contributed by atoms with Crippen LogP contribution in [0.2, 0.25) is 0 Å². The number of hydrogen-bond acceptors (Lipinski definition) is 7. The van der Waals surface area contributed by atoms with E-state index in [1.165, 1.54) is 11.9 Å². The number of aromatic nitrogens is 2. The zero-order valence-corrected chi connectivity index (χ0v) is 15.7. The maximum atomic E-state index is 13.0. The predicted octanol–water partition coefficient (Wildman–Crippen LogP) is 2.91. The van der Waals surface area contributed by atoms with Gasteiger partial charge in [0, 0.05) is 24.7 Å². The van der Waals surface area contributed by atoms with E-state index < -0.39 is 5.54 Å². The Labute approximate surface area is 157 Å².